The average molecular weight is 378 g/mol. The maximum Gasteiger partial charge on any atom is 0.262 e. The topological polar surface area (TPSA) is 85.2 Å². The van der Waals surface area contributed by atoms with Gasteiger partial charge in [-0.05, 0) is 49.2 Å². The number of para-hydroxylation sites is 1. The molecule has 2 aromatic carbocycles. The van der Waals surface area contributed by atoms with Crippen LogP contribution in [0.1, 0.15) is 31.8 Å². The number of aryl methyl sites for hydroxylation is 3. The first-order valence-corrected chi connectivity index (χ1v) is 8.75. The number of nitrogens with zero attached hydrogens (tertiary/aromatic N) is 2. The highest BCUT2D eigenvalue weighted by Crippen LogP contribution is 2.21. The number of anilines is 2. The van der Waals surface area contributed by atoms with Crippen molar-refractivity contribution in [3.8, 4) is 5.88 Å². The first-order chi connectivity index (χ1) is 13.4. The Bertz CT molecular complexity index is 1000. The summed E-state index contributed by atoms with van der Waals surface area (Å²) in [5, 5.41) is 9.79. The normalized spacial score (nSPS) is 10.4. The van der Waals surface area contributed by atoms with Crippen molar-refractivity contribution in [2.45, 2.75) is 13.8 Å². The summed E-state index contributed by atoms with van der Waals surface area (Å²) in [4.78, 5) is 25.0. The van der Waals surface area contributed by atoms with Gasteiger partial charge in [0, 0.05) is 30.2 Å². The van der Waals surface area contributed by atoms with E-state index in [-0.39, 0.29) is 17.7 Å². The molecule has 0 saturated heterocycles. The molecule has 0 saturated carbocycles. The molecule has 2 amide bonds. The van der Waals surface area contributed by atoms with Crippen molar-refractivity contribution in [2.75, 3.05) is 17.7 Å². The van der Waals surface area contributed by atoms with Gasteiger partial charge in [-0.2, -0.15) is 0 Å². The number of nitrogens with one attached hydrogen (secondary N) is 2. The Morgan fingerprint density at radius 1 is 0.964 bits per heavy atom. The van der Waals surface area contributed by atoms with Gasteiger partial charge in [-0.25, -0.2) is 0 Å². The Kier molecular flexibility index (Phi) is 5.44. The van der Waals surface area contributed by atoms with Gasteiger partial charge < -0.3 is 15.4 Å². The van der Waals surface area contributed by atoms with E-state index in [4.69, 9.17) is 4.74 Å². The van der Waals surface area contributed by atoms with Gasteiger partial charge in [-0.3, -0.25) is 14.3 Å². The van der Waals surface area contributed by atoms with Crippen LogP contribution in [-0.2, 0) is 7.05 Å². The molecule has 0 bridgehead atoms. The molecule has 3 aromatic rings. The van der Waals surface area contributed by atoms with E-state index >= 15 is 0 Å². The van der Waals surface area contributed by atoms with Gasteiger partial charge in [-0.15, -0.1) is 5.10 Å². The average Bonchev–Trinajstić information content (AvgIpc) is 3.06. The summed E-state index contributed by atoms with van der Waals surface area (Å²) in [5.41, 5.74) is 4.22. The lowest BCUT2D eigenvalue weighted by Crippen LogP contribution is -2.15. The van der Waals surface area contributed by atoms with Crippen LogP contribution in [0.3, 0.4) is 0 Å². The third-order valence-electron chi connectivity index (χ3n) is 4.36. The quantitative estimate of drug-likeness (QED) is 0.711. The first-order valence-electron chi connectivity index (χ1n) is 8.75. The summed E-state index contributed by atoms with van der Waals surface area (Å²) in [7, 11) is 3.17. The van der Waals surface area contributed by atoms with Crippen LogP contribution in [0.5, 0.6) is 5.88 Å². The van der Waals surface area contributed by atoms with E-state index in [2.05, 4.69) is 15.7 Å². The lowest BCUT2D eigenvalue weighted by atomic mass is 10.1. The Morgan fingerprint density at radius 2 is 1.61 bits per heavy atom. The van der Waals surface area contributed by atoms with E-state index in [9.17, 15) is 9.59 Å². The molecule has 0 spiro atoms. The van der Waals surface area contributed by atoms with Crippen LogP contribution in [0.4, 0.5) is 11.4 Å². The number of amides is 2. The molecule has 0 aliphatic rings. The molecule has 7 heteroatoms. The predicted octanol–water partition coefficient (Wildman–Crippen LogP) is 3.55. The van der Waals surface area contributed by atoms with E-state index in [0.717, 1.165) is 16.8 Å². The summed E-state index contributed by atoms with van der Waals surface area (Å²) in [6.45, 7) is 3.90. The molecular weight excluding hydrogens is 356 g/mol. The molecule has 7 nitrogen and oxygen atoms in total. The monoisotopic (exact) mass is 378 g/mol. The molecule has 0 unspecified atom stereocenters. The smallest absolute Gasteiger partial charge is 0.262 e. The van der Waals surface area contributed by atoms with Crippen molar-refractivity contribution in [2.24, 2.45) is 7.05 Å². The highest BCUT2D eigenvalue weighted by Gasteiger charge is 2.17. The van der Waals surface area contributed by atoms with E-state index in [0.29, 0.717) is 16.8 Å². The molecule has 144 valence electrons. The molecule has 1 aromatic heterocycles. The minimum atomic E-state index is -0.335. The zero-order valence-corrected chi connectivity index (χ0v) is 16.2. The fourth-order valence-electron chi connectivity index (χ4n) is 2.88. The number of carbonyl (C=O) groups is 2. The van der Waals surface area contributed by atoms with Crippen LogP contribution in [0.2, 0.25) is 0 Å². The predicted molar refractivity (Wildman–Crippen MR) is 108 cm³/mol. The van der Waals surface area contributed by atoms with E-state index in [1.807, 2.05) is 32.0 Å². The fourth-order valence-corrected chi connectivity index (χ4v) is 2.88. The molecule has 28 heavy (non-hydrogen) atoms. The van der Waals surface area contributed by atoms with Crippen molar-refractivity contribution < 1.29 is 14.3 Å². The van der Waals surface area contributed by atoms with Crippen molar-refractivity contribution in [1.29, 1.82) is 0 Å². The van der Waals surface area contributed by atoms with Crippen LogP contribution in [0.25, 0.3) is 0 Å². The van der Waals surface area contributed by atoms with Crippen LogP contribution < -0.4 is 15.4 Å². The zero-order valence-electron chi connectivity index (χ0n) is 16.2. The number of aromatic nitrogens is 2. The number of hydrogen-bond donors (Lipinski definition) is 2. The fraction of sp³-hybridized carbons (Fsp3) is 0.190. The van der Waals surface area contributed by atoms with Crippen molar-refractivity contribution in [3.63, 3.8) is 0 Å². The number of hydrogen-bond acceptors (Lipinski definition) is 4. The SMILES string of the molecule is COc1nn(C)cc1C(=O)Nc1ccc(C(=O)Nc2c(C)cccc2C)cc1. The van der Waals surface area contributed by atoms with Crippen molar-refractivity contribution >= 4 is 23.2 Å². The minimum absolute atomic E-state index is 0.204. The number of benzene rings is 2. The summed E-state index contributed by atoms with van der Waals surface area (Å²) in [6, 6.07) is 12.6. The molecule has 0 atom stereocenters. The van der Waals surface area contributed by atoms with Crippen molar-refractivity contribution in [3.05, 3.63) is 70.9 Å². The number of rotatable bonds is 5. The molecule has 0 fully saturated rings. The number of carbonyl (C=O) groups excluding carboxylic acids is 2. The maximum atomic E-state index is 12.5. The van der Waals surface area contributed by atoms with Gasteiger partial charge in [0.15, 0.2) is 0 Å². The minimum Gasteiger partial charge on any atom is -0.479 e. The van der Waals surface area contributed by atoms with Crippen LogP contribution in [0.15, 0.2) is 48.7 Å². The second-order valence-corrected chi connectivity index (χ2v) is 6.48. The lowest BCUT2D eigenvalue weighted by Gasteiger charge is -2.12. The molecule has 3 rings (SSSR count). The van der Waals surface area contributed by atoms with Gasteiger partial charge in [-0.1, -0.05) is 18.2 Å². The highest BCUT2D eigenvalue weighted by atomic mass is 16.5. The van der Waals surface area contributed by atoms with Gasteiger partial charge >= 0.3 is 0 Å². The van der Waals surface area contributed by atoms with Crippen LogP contribution in [-0.4, -0.2) is 28.7 Å². The summed E-state index contributed by atoms with van der Waals surface area (Å²) in [5.74, 6) is -0.286. The van der Waals surface area contributed by atoms with Gasteiger partial charge in [0.05, 0.1) is 7.11 Å². The Balaban J connectivity index is 1.71. The first kappa shape index (κ1) is 19.2. The molecular formula is C21H22N4O3. The third-order valence-corrected chi connectivity index (χ3v) is 4.36. The molecule has 0 aliphatic heterocycles. The Hall–Kier alpha value is -3.61. The second kappa shape index (κ2) is 7.96. The molecule has 0 radical (unpaired) electrons. The van der Waals surface area contributed by atoms with Gasteiger partial charge in [0.1, 0.15) is 5.56 Å². The van der Waals surface area contributed by atoms with Gasteiger partial charge in [0.2, 0.25) is 5.88 Å². The second-order valence-electron chi connectivity index (χ2n) is 6.48. The van der Waals surface area contributed by atoms with Crippen LogP contribution in [0, 0.1) is 13.8 Å². The standard InChI is InChI=1S/C21H22N4O3/c1-13-6-5-7-14(2)18(13)23-19(26)15-8-10-16(11-9-15)22-20(27)17-12-25(3)24-21(17)28-4/h5-12H,1-4H3,(H,22,27)(H,23,26). The van der Waals surface area contributed by atoms with E-state index in [1.54, 1.807) is 37.5 Å². The zero-order chi connectivity index (χ0) is 20.3. The Morgan fingerprint density at radius 3 is 2.21 bits per heavy atom. The van der Waals surface area contributed by atoms with Crippen molar-refractivity contribution in [1.82, 2.24) is 9.78 Å². The summed E-state index contributed by atoms with van der Waals surface area (Å²) < 4.78 is 6.61. The van der Waals surface area contributed by atoms with E-state index < -0.39 is 0 Å². The lowest BCUT2D eigenvalue weighted by molar-refractivity contribution is 0.101. The third kappa shape index (κ3) is 4.03. The van der Waals surface area contributed by atoms with Gasteiger partial charge in [0.25, 0.3) is 11.8 Å². The molecule has 1 heterocycles. The maximum absolute atomic E-state index is 12.5. The summed E-state index contributed by atoms with van der Waals surface area (Å²) in [6.07, 6.45) is 1.58. The molecule has 0 aliphatic carbocycles. The largest absolute Gasteiger partial charge is 0.479 e. The number of ether oxygens (including phenoxy) is 1. The number of methoxy groups -OCH3 is 1. The summed E-state index contributed by atoms with van der Waals surface area (Å²) >= 11 is 0. The molecule has 2 N–H and O–H groups in total. The highest BCUT2D eigenvalue weighted by molar-refractivity contribution is 6.07. The van der Waals surface area contributed by atoms with Crippen LogP contribution >= 0.6 is 0 Å². The Labute approximate surface area is 163 Å². The van der Waals surface area contributed by atoms with E-state index in [1.165, 1.54) is 11.8 Å².